The summed E-state index contributed by atoms with van der Waals surface area (Å²) in [4.78, 5) is 43.2. The Kier molecular flexibility index (Phi) is 9.72. The lowest BCUT2D eigenvalue weighted by Gasteiger charge is -2.29. The average Bonchev–Trinajstić information content (AvgIpc) is 3.53. The van der Waals surface area contributed by atoms with Gasteiger partial charge in [-0.2, -0.15) is 5.26 Å². The number of nitriles is 1. The van der Waals surface area contributed by atoms with Gasteiger partial charge >= 0.3 is 11.9 Å². The van der Waals surface area contributed by atoms with E-state index in [0.717, 1.165) is 11.1 Å². The smallest absolute Gasteiger partial charge is 0.338 e. The molecule has 3 aromatic carbocycles. The first-order valence-corrected chi connectivity index (χ1v) is 14.9. The molecule has 236 valence electrons. The second kappa shape index (κ2) is 14.0. The second-order valence-corrected chi connectivity index (χ2v) is 11.3. The number of methoxy groups -OCH3 is 1. The lowest BCUT2D eigenvalue weighted by molar-refractivity contribution is -0.190. The summed E-state index contributed by atoms with van der Waals surface area (Å²) < 4.78 is 22.5. The number of rotatable bonds is 10. The molecule has 0 saturated carbocycles. The lowest BCUT2D eigenvalue weighted by Crippen LogP contribution is -2.44. The van der Waals surface area contributed by atoms with Crippen LogP contribution in [-0.2, 0) is 19.1 Å². The summed E-state index contributed by atoms with van der Waals surface area (Å²) in [6, 6.07) is 23.5. The van der Waals surface area contributed by atoms with Crippen molar-refractivity contribution in [2.24, 2.45) is 5.41 Å². The first kappa shape index (κ1) is 31.9. The highest BCUT2D eigenvalue weighted by Crippen LogP contribution is 2.35. The fraction of sp³-hybridized carbons (Fsp3) is 0.278. The zero-order valence-electron chi connectivity index (χ0n) is 26.0. The van der Waals surface area contributed by atoms with Crippen molar-refractivity contribution in [1.29, 1.82) is 5.26 Å². The van der Waals surface area contributed by atoms with E-state index in [2.05, 4.69) is 6.07 Å². The van der Waals surface area contributed by atoms with Crippen molar-refractivity contribution in [3.63, 3.8) is 0 Å². The van der Waals surface area contributed by atoms with E-state index in [1.807, 2.05) is 36.5 Å². The summed E-state index contributed by atoms with van der Waals surface area (Å²) in [7, 11) is 3.35. The molecule has 0 bridgehead atoms. The van der Waals surface area contributed by atoms with Crippen molar-refractivity contribution in [2.45, 2.75) is 26.1 Å². The van der Waals surface area contributed by atoms with Crippen LogP contribution in [0.25, 0.3) is 11.1 Å². The number of nitrogens with zero attached hydrogens (tertiary/aromatic N) is 3. The van der Waals surface area contributed by atoms with Crippen LogP contribution in [0.5, 0.6) is 11.5 Å². The van der Waals surface area contributed by atoms with Gasteiger partial charge in [0.05, 0.1) is 24.3 Å². The third-order valence-electron chi connectivity index (χ3n) is 7.97. The van der Waals surface area contributed by atoms with Gasteiger partial charge in [0.1, 0.15) is 23.5 Å². The molecule has 2 aliphatic rings. The second-order valence-electron chi connectivity index (χ2n) is 11.3. The summed E-state index contributed by atoms with van der Waals surface area (Å²) in [5.74, 6) is -0.270. The molecule has 10 nitrogen and oxygen atoms in total. The van der Waals surface area contributed by atoms with Crippen molar-refractivity contribution in [1.82, 2.24) is 9.80 Å². The van der Waals surface area contributed by atoms with Gasteiger partial charge in [0, 0.05) is 45.2 Å². The Labute approximate surface area is 268 Å². The minimum absolute atomic E-state index is 0.0570. The molecule has 0 radical (unpaired) electrons. The molecule has 0 aromatic heterocycles. The molecular weight excluding hydrogens is 586 g/mol. The molecule has 46 heavy (non-hydrogen) atoms. The van der Waals surface area contributed by atoms with Crippen LogP contribution in [0.2, 0.25) is 0 Å². The number of benzene rings is 3. The van der Waals surface area contributed by atoms with Gasteiger partial charge < -0.3 is 28.7 Å². The third kappa shape index (κ3) is 7.38. The highest BCUT2D eigenvalue weighted by molar-refractivity contribution is 5.95. The molecule has 0 aliphatic carbocycles. The third-order valence-corrected chi connectivity index (χ3v) is 7.97. The first-order chi connectivity index (χ1) is 22.2. The molecule has 10 heteroatoms. The van der Waals surface area contributed by atoms with E-state index >= 15 is 0 Å². The number of esters is 2. The van der Waals surface area contributed by atoms with E-state index in [0.29, 0.717) is 47.6 Å². The lowest BCUT2D eigenvalue weighted by atomic mass is 9.88. The molecule has 5 rings (SSSR count). The summed E-state index contributed by atoms with van der Waals surface area (Å²) in [5, 5.41) is 9.06. The SMILES string of the molecule is COc1ccc(C(=O)N2CCC(COc3ccc(-c4ccc(C#N)cc4)cc3)(C(=O)OC(C)OC(=O)C3=CN(C)C=CC3)C2)cc1. The number of carbonyl (C=O) groups is 3. The van der Waals surface area contributed by atoms with Crippen molar-refractivity contribution in [2.75, 3.05) is 33.9 Å². The maximum atomic E-state index is 13.8. The van der Waals surface area contributed by atoms with E-state index in [4.69, 9.17) is 24.2 Å². The predicted molar refractivity (Wildman–Crippen MR) is 169 cm³/mol. The standard InChI is InChI=1S/C36H35N3O7/c1-25(45-34(41)30-5-4-19-38(2)22-30)46-35(42)36(18-20-39(23-36)33(40)29-12-14-31(43-3)15-13-29)24-44-32-16-10-28(11-17-32)27-8-6-26(21-37)7-9-27/h4,6-17,19,22,25H,5,18,20,23-24H2,1-3H3. The number of likely N-dealkylation sites (tertiary alicyclic amines) is 1. The molecule has 2 heterocycles. The average molecular weight is 622 g/mol. The predicted octanol–water partition coefficient (Wildman–Crippen LogP) is 5.31. The zero-order valence-corrected chi connectivity index (χ0v) is 26.0. The molecule has 0 N–H and O–H groups in total. The van der Waals surface area contributed by atoms with Gasteiger partial charge in [-0.25, -0.2) is 4.79 Å². The maximum absolute atomic E-state index is 13.8. The number of allylic oxidation sites excluding steroid dienone is 1. The fourth-order valence-corrected chi connectivity index (χ4v) is 5.36. The van der Waals surface area contributed by atoms with Crippen LogP contribution in [0.1, 0.15) is 35.7 Å². The molecule has 2 atom stereocenters. The molecule has 0 spiro atoms. The summed E-state index contributed by atoms with van der Waals surface area (Å²) >= 11 is 0. The normalized spacial score (nSPS) is 17.8. The Morgan fingerprint density at radius 1 is 0.935 bits per heavy atom. The van der Waals surface area contributed by atoms with Crippen LogP contribution in [0.4, 0.5) is 0 Å². The number of amides is 1. The van der Waals surface area contributed by atoms with E-state index in [1.54, 1.807) is 78.7 Å². The molecule has 1 fully saturated rings. The van der Waals surface area contributed by atoms with Crippen molar-refractivity contribution in [3.8, 4) is 28.7 Å². The van der Waals surface area contributed by atoms with Crippen molar-refractivity contribution in [3.05, 3.63) is 108 Å². The number of ether oxygens (including phenoxy) is 4. The van der Waals surface area contributed by atoms with Crippen LogP contribution < -0.4 is 9.47 Å². The summed E-state index contributed by atoms with van der Waals surface area (Å²) in [6.07, 6.45) is 4.88. The van der Waals surface area contributed by atoms with Gasteiger partial charge in [0.2, 0.25) is 6.29 Å². The molecule has 2 aliphatic heterocycles. The molecular formula is C36H35N3O7. The topological polar surface area (TPSA) is 118 Å². The van der Waals surface area contributed by atoms with Crippen LogP contribution in [0.3, 0.4) is 0 Å². The Morgan fingerprint density at radius 2 is 1.59 bits per heavy atom. The number of hydrogen-bond donors (Lipinski definition) is 0. The largest absolute Gasteiger partial charge is 0.497 e. The fourth-order valence-electron chi connectivity index (χ4n) is 5.36. The molecule has 2 unspecified atom stereocenters. The quantitative estimate of drug-likeness (QED) is 0.219. The van der Waals surface area contributed by atoms with E-state index in [-0.39, 0.29) is 19.1 Å². The van der Waals surface area contributed by atoms with Crippen LogP contribution >= 0.6 is 0 Å². The van der Waals surface area contributed by atoms with Crippen LogP contribution in [-0.4, -0.2) is 67.8 Å². The monoisotopic (exact) mass is 621 g/mol. The summed E-state index contributed by atoms with van der Waals surface area (Å²) in [5.41, 5.74) is 2.16. The van der Waals surface area contributed by atoms with Gasteiger partial charge in [0.25, 0.3) is 5.91 Å². The van der Waals surface area contributed by atoms with E-state index in [1.165, 1.54) is 6.92 Å². The number of hydrogen-bond acceptors (Lipinski definition) is 9. The number of carbonyl (C=O) groups excluding carboxylic acids is 3. The molecule has 3 aromatic rings. The van der Waals surface area contributed by atoms with Gasteiger partial charge in [-0.3, -0.25) is 9.59 Å². The van der Waals surface area contributed by atoms with Gasteiger partial charge in [-0.15, -0.1) is 0 Å². The summed E-state index contributed by atoms with van der Waals surface area (Å²) in [6.45, 7) is 1.79. The molecule has 1 saturated heterocycles. The van der Waals surface area contributed by atoms with Gasteiger partial charge in [-0.1, -0.05) is 30.3 Å². The van der Waals surface area contributed by atoms with Crippen LogP contribution in [0.15, 0.2) is 96.8 Å². The highest BCUT2D eigenvalue weighted by atomic mass is 16.7. The van der Waals surface area contributed by atoms with E-state index < -0.39 is 23.6 Å². The van der Waals surface area contributed by atoms with Crippen molar-refractivity contribution >= 4 is 17.8 Å². The minimum Gasteiger partial charge on any atom is -0.497 e. The first-order valence-electron chi connectivity index (χ1n) is 14.9. The Morgan fingerprint density at radius 3 is 2.22 bits per heavy atom. The minimum atomic E-state index is -1.21. The van der Waals surface area contributed by atoms with Gasteiger partial charge in [-0.05, 0) is 72.3 Å². The maximum Gasteiger partial charge on any atom is 0.338 e. The van der Waals surface area contributed by atoms with E-state index in [9.17, 15) is 14.4 Å². The van der Waals surface area contributed by atoms with Gasteiger partial charge in [0.15, 0.2) is 0 Å². The zero-order chi connectivity index (χ0) is 32.7. The molecule has 1 amide bonds. The highest BCUT2D eigenvalue weighted by Gasteiger charge is 2.49. The van der Waals surface area contributed by atoms with Crippen LogP contribution in [0, 0.1) is 16.7 Å². The Bertz CT molecular complexity index is 1670. The van der Waals surface area contributed by atoms with Crippen molar-refractivity contribution < 1.29 is 33.3 Å². The Hall–Kier alpha value is -5.56. The Balaban J connectivity index is 1.30.